The van der Waals surface area contributed by atoms with Crippen LogP contribution in [0.1, 0.15) is 30.1 Å². The molecule has 0 atom stereocenters. The molecule has 3 aromatic rings. The standard InChI is InChI=1S/C20H21N3O5S/c1-12(2)28-15-7-5-14(10-16(15)26-4)6-8-19(25)27-11-17-22-23-18(24)9-13(3)21-20(23)29-17/h5-10,12H,11H2,1-4H3/b8-6+. The fraction of sp³-hybridized carbons (Fsp3) is 0.300. The van der Waals surface area contributed by atoms with Crippen LogP contribution in [0.15, 0.2) is 35.1 Å². The van der Waals surface area contributed by atoms with E-state index in [9.17, 15) is 9.59 Å². The van der Waals surface area contributed by atoms with Crippen molar-refractivity contribution in [2.24, 2.45) is 0 Å². The van der Waals surface area contributed by atoms with E-state index >= 15 is 0 Å². The lowest BCUT2D eigenvalue weighted by atomic mass is 10.2. The van der Waals surface area contributed by atoms with Gasteiger partial charge in [-0.2, -0.15) is 9.61 Å². The van der Waals surface area contributed by atoms with Crippen molar-refractivity contribution in [3.05, 3.63) is 57.0 Å². The molecule has 0 saturated carbocycles. The van der Waals surface area contributed by atoms with E-state index in [-0.39, 0.29) is 18.3 Å². The SMILES string of the molecule is COc1cc(/C=C/C(=O)OCc2nn3c(=O)cc(C)nc3s2)ccc1OC(C)C. The first kappa shape index (κ1) is 20.5. The first-order valence-corrected chi connectivity index (χ1v) is 9.73. The van der Waals surface area contributed by atoms with Gasteiger partial charge in [0.15, 0.2) is 16.5 Å². The summed E-state index contributed by atoms with van der Waals surface area (Å²) in [6.45, 7) is 5.56. The number of ether oxygens (including phenoxy) is 3. The lowest BCUT2D eigenvalue weighted by molar-refractivity contribution is -0.138. The molecule has 2 heterocycles. The van der Waals surface area contributed by atoms with E-state index < -0.39 is 5.97 Å². The highest BCUT2D eigenvalue weighted by Crippen LogP contribution is 2.29. The third-order valence-corrected chi connectivity index (χ3v) is 4.60. The zero-order chi connectivity index (χ0) is 21.0. The van der Waals surface area contributed by atoms with Gasteiger partial charge in [0.05, 0.1) is 13.2 Å². The summed E-state index contributed by atoms with van der Waals surface area (Å²) in [4.78, 5) is 28.6. The maximum Gasteiger partial charge on any atom is 0.331 e. The van der Waals surface area contributed by atoms with Crippen molar-refractivity contribution in [1.29, 1.82) is 0 Å². The fourth-order valence-electron chi connectivity index (χ4n) is 2.50. The Balaban J connectivity index is 1.64. The number of aryl methyl sites for hydroxylation is 1. The number of fused-ring (bicyclic) bond motifs is 1. The summed E-state index contributed by atoms with van der Waals surface area (Å²) >= 11 is 1.20. The number of aromatic nitrogens is 3. The molecule has 1 aromatic carbocycles. The minimum absolute atomic E-state index is 0.0257. The highest BCUT2D eigenvalue weighted by Gasteiger charge is 2.10. The molecule has 29 heavy (non-hydrogen) atoms. The van der Waals surface area contributed by atoms with E-state index in [2.05, 4.69) is 10.1 Å². The predicted molar refractivity (Wildman–Crippen MR) is 109 cm³/mol. The quantitative estimate of drug-likeness (QED) is 0.433. The molecule has 0 bridgehead atoms. The minimum Gasteiger partial charge on any atom is -0.493 e. The lowest BCUT2D eigenvalue weighted by Crippen LogP contribution is -2.14. The van der Waals surface area contributed by atoms with Crippen molar-refractivity contribution in [2.75, 3.05) is 7.11 Å². The summed E-state index contributed by atoms with van der Waals surface area (Å²) in [5.41, 5.74) is 1.12. The number of nitrogens with zero attached hydrogens (tertiary/aromatic N) is 3. The maximum absolute atomic E-state index is 12.0. The number of hydrogen-bond acceptors (Lipinski definition) is 8. The zero-order valence-corrected chi connectivity index (χ0v) is 17.4. The van der Waals surface area contributed by atoms with Crippen LogP contribution in [0.2, 0.25) is 0 Å². The number of carbonyl (C=O) groups excluding carboxylic acids is 1. The first-order valence-electron chi connectivity index (χ1n) is 8.91. The van der Waals surface area contributed by atoms with Gasteiger partial charge in [-0.05, 0) is 44.5 Å². The Bertz CT molecular complexity index is 1120. The zero-order valence-electron chi connectivity index (χ0n) is 16.5. The van der Waals surface area contributed by atoms with Crippen molar-refractivity contribution in [3.63, 3.8) is 0 Å². The van der Waals surface area contributed by atoms with Gasteiger partial charge in [-0.15, -0.1) is 0 Å². The van der Waals surface area contributed by atoms with Gasteiger partial charge < -0.3 is 14.2 Å². The smallest absolute Gasteiger partial charge is 0.331 e. The van der Waals surface area contributed by atoms with Crippen LogP contribution in [0.4, 0.5) is 0 Å². The monoisotopic (exact) mass is 415 g/mol. The molecule has 0 radical (unpaired) electrons. The lowest BCUT2D eigenvalue weighted by Gasteiger charge is -2.13. The number of methoxy groups -OCH3 is 1. The van der Waals surface area contributed by atoms with Crippen molar-refractivity contribution >= 4 is 28.3 Å². The summed E-state index contributed by atoms with van der Waals surface area (Å²) < 4.78 is 17.4. The van der Waals surface area contributed by atoms with E-state index in [1.807, 2.05) is 19.9 Å². The second kappa shape index (κ2) is 8.87. The van der Waals surface area contributed by atoms with E-state index in [4.69, 9.17) is 14.2 Å². The van der Waals surface area contributed by atoms with Crippen LogP contribution in [0.3, 0.4) is 0 Å². The second-order valence-electron chi connectivity index (χ2n) is 6.44. The number of esters is 1. The predicted octanol–water partition coefficient (Wildman–Crippen LogP) is 3.01. The molecule has 9 heteroatoms. The molecule has 0 aliphatic heterocycles. The van der Waals surface area contributed by atoms with Crippen LogP contribution in [0.25, 0.3) is 11.0 Å². The Kier molecular flexibility index (Phi) is 6.28. The van der Waals surface area contributed by atoms with Crippen LogP contribution in [-0.4, -0.2) is 33.8 Å². The van der Waals surface area contributed by atoms with Crippen LogP contribution in [0, 0.1) is 6.92 Å². The van der Waals surface area contributed by atoms with Crippen LogP contribution >= 0.6 is 11.3 Å². The van der Waals surface area contributed by atoms with Crippen LogP contribution < -0.4 is 15.0 Å². The van der Waals surface area contributed by atoms with Gasteiger partial charge in [-0.1, -0.05) is 17.4 Å². The second-order valence-corrected chi connectivity index (χ2v) is 7.48. The molecule has 0 fully saturated rings. The molecule has 0 amide bonds. The average Bonchev–Trinajstić information content (AvgIpc) is 3.08. The molecule has 8 nitrogen and oxygen atoms in total. The minimum atomic E-state index is -0.526. The van der Waals surface area contributed by atoms with Crippen molar-refractivity contribution in [3.8, 4) is 11.5 Å². The molecular formula is C20H21N3O5S. The average molecular weight is 415 g/mol. The molecule has 0 N–H and O–H groups in total. The fourth-order valence-corrected chi connectivity index (χ4v) is 3.36. The van der Waals surface area contributed by atoms with Gasteiger partial charge in [0.25, 0.3) is 5.56 Å². The summed E-state index contributed by atoms with van der Waals surface area (Å²) in [6.07, 6.45) is 2.97. The molecule has 0 unspecified atom stereocenters. The molecule has 0 aliphatic rings. The van der Waals surface area contributed by atoms with Gasteiger partial charge in [0.2, 0.25) is 4.96 Å². The molecule has 0 aliphatic carbocycles. The molecule has 0 saturated heterocycles. The summed E-state index contributed by atoms with van der Waals surface area (Å²) in [6, 6.07) is 6.78. The number of rotatable bonds is 7. The number of carbonyl (C=O) groups is 1. The third kappa shape index (κ3) is 5.20. The molecule has 3 rings (SSSR count). The topological polar surface area (TPSA) is 92.0 Å². The van der Waals surface area contributed by atoms with Crippen LogP contribution in [0.5, 0.6) is 11.5 Å². The Labute approximate surface area is 171 Å². The van der Waals surface area contributed by atoms with E-state index in [1.165, 1.54) is 28.0 Å². The molecule has 152 valence electrons. The highest BCUT2D eigenvalue weighted by molar-refractivity contribution is 7.16. The van der Waals surface area contributed by atoms with Gasteiger partial charge in [-0.3, -0.25) is 4.79 Å². The summed E-state index contributed by atoms with van der Waals surface area (Å²) in [5.74, 6) is 0.691. The van der Waals surface area contributed by atoms with Gasteiger partial charge >= 0.3 is 5.97 Å². The largest absolute Gasteiger partial charge is 0.493 e. The Morgan fingerprint density at radius 1 is 1.28 bits per heavy atom. The number of hydrogen-bond donors (Lipinski definition) is 0. The van der Waals surface area contributed by atoms with E-state index in [0.717, 1.165) is 5.56 Å². The Hall–Kier alpha value is -3.20. The van der Waals surface area contributed by atoms with Gasteiger partial charge in [0, 0.05) is 17.8 Å². The molecule has 0 spiro atoms. The molecule has 2 aromatic heterocycles. The number of benzene rings is 1. The van der Waals surface area contributed by atoms with Crippen molar-refractivity contribution < 1.29 is 19.0 Å². The Morgan fingerprint density at radius 3 is 2.79 bits per heavy atom. The van der Waals surface area contributed by atoms with E-state index in [0.29, 0.717) is 27.2 Å². The summed E-state index contributed by atoms with van der Waals surface area (Å²) in [5, 5.41) is 4.61. The normalized spacial score (nSPS) is 11.3. The first-order chi connectivity index (χ1) is 13.9. The van der Waals surface area contributed by atoms with Gasteiger partial charge in [0.1, 0.15) is 6.61 Å². The highest BCUT2D eigenvalue weighted by atomic mass is 32.1. The van der Waals surface area contributed by atoms with Crippen LogP contribution in [-0.2, 0) is 16.1 Å². The van der Waals surface area contributed by atoms with Crippen molar-refractivity contribution in [2.45, 2.75) is 33.5 Å². The van der Waals surface area contributed by atoms with Gasteiger partial charge in [-0.25, -0.2) is 9.78 Å². The molecular weight excluding hydrogens is 394 g/mol. The van der Waals surface area contributed by atoms with E-state index in [1.54, 1.807) is 32.2 Å². The maximum atomic E-state index is 12.0. The summed E-state index contributed by atoms with van der Waals surface area (Å²) in [7, 11) is 1.56. The third-order valence-electron chi connectivity index (χ3n) is 3.72. The van der Waals surface area contributed by atoms with Crippen molar-refractivity contribution in [1.82, 2.24) is 14.6 Å². The Morgan fingerprint density at radius 2 is 2.07 bits per heavy atom.